The van der Waals surface area contributed by atoms with Gasteiger partial charge in [0.25, 0.3) is 0 Å². The minimum Gasteiger partial charge on any atom is -0.475 e. The van der Waals surface area contributed by atoms with Crippen LogP contribution in [0.4, 0.5) is 15.9 Å². The Balaban J connectivity index is 1.21. The van der Waals surface area contributed by atoms with Gasteiger partial charge in [0.1, 0.15) is 41.5 Å². The zero-order valence-corrected chi connectivity index (χ0v) is 27.4. The minimum atomic E-state index is -0.694. The van der Waals surface area contributed by atoms with Crippen molar-refractivity contribution >= 4 is 39.8 Å². The summed E-state index contributed by atoms with van der Waals surface area (Å²) in [7, 11) is 0. The number of anilines is 2. The molecule has 9 rings (SSSR count). The van der Waals surface area contributed by atoms with Crippen molar-refractivity contribution in [3.63, 3.8) is 0 Å². The highest BCUT2D eigenvalue weighted by molar-refractivity contribution is 6.33. The van der Waals surface area contributed by atoms with Crippen LogP contribution in [0.1, 0.15) is 55.6 Å². The van der Waals surface area contributed by atoms with Crippen molar-refractivity contribution in [1.29, 1.82) is 5.41 Å². The van der Waals surface area contributed by atoms with Crippen LogP contribution < -0.4 is 25.8 Å². The Kier molecular flexibility index (Phi) is 7.19. The average Bonchev–Trinajstić information content (AvgIpc) is 3.77. The summed E-state index contributed by atoms with van der Waals surface area (Å²) in [5.41, 5.74) is 16.5. The van der Waals surface area contributed by atoms with Gasteiger partial charge in [0.05, 0.1) is 31.4 Å². The number of nitrogens with zero attached hydrogens (tertiary/aromatic N) is 5. The molecule has 4 saturated heterocycles. The van der Waals surface area contributed by atoms with Crippen molar-refractivity contribution in [2.75, 3.05) is 69.9 Å². The number of pyridine rings is 1. The molecule has 14 heteroatoms. The predicted molar refractivity (Wildman–Crippen MR) is 179 cm³/mol. The maximum Gasteiger partial charge on any atom is 0.319 e. The summed E-state index contributed by atoms with van der Waals surface area (Å²) < 4.78 is 41.5. The van der Waals surface area contributed by atoms with Gasteiger partial charge in [0.15, 0.2) is 5.82 Å². The number of nitrogen functional groups attached to an aromatic ring is 2. The molecule has 5 N–H and O–H groups in total. The Morgan fingerprint density at radius 1 is 1.12 bits per heavy atom. The number of hydrogen-bond donors (Lipinski definition) is 3. The molecule has 0 spiro atoms. The first-order valence-corrected chi connectivity index (χ1v) is 17.2. The van der Waals surface area contributed by atoms with Crippen molar-refractivity contribution in [2.24, 2.45) is 5.73 Å². The number of nitrogens with one attached hydrogen (secondary N) is 1. The summed E-state index contributed by atoms with van der Waals surface area (Å²) >= 11 is 6.76. The summed E-state index contributed by atoms with van der Waals surface area (Å²) in [6.07, 6.45) is 5.54. The number of aromatic nitrogens is 3. The van der Waals surface area contributed by atoms with Crippen LogP contribution in [0.25, 0.3) is 22.2 Å². The lowest BCUT2D eigenvalue weighted by atomic mass is 9.91. The number of amidine groups is 1. The van der Waals surface area contributed by atoms with E-state index in [1.54, 1.807) is 6.07 Å². The van der Waals surface area contributed by atoms with Gasteiger partial charge in [0.2, 0.25) is 5.88 Å². The zero-order valence-electron chi connectivity index (χ0n) is 26.6. The second kappa shape index (κ2) is 11.4. The number of benzene rings is 1. The van der Waals surface area contributed by atoms with Crippen molar-refractivity contribution < 1.29 is 23.3 Å². The highest BCUT2D eigenvalue weighted by atomic mass is 35.5. The molecule has 0 unspecified atom stereocenters. The summed E-state index contributed by atoms with van der Waals surface area (Å²) in [5, 5.41) is 9.18. The number of ether oxygens (including phenoxy) is 4. The van der Waals surface area contributed by atoms with E-state index in [0.717, 1.165) is 51.6 Å². The Hall–Kier alpha value is -3.78. The zero-order chi connectivity index (χ0) is 32.7. The number of halogens is 2. The Morgan fingerprint density at radius 3 is 2.75 bits per heavy atom. The molecular formula is C34H38ClFN8O4. The SMILES string of the molecule is N=C(N)c1c(N)cc(Cl)c(C2CC2)c1-c1nc2c3c(nc(OC[C@@]45CCCN4CC(=C4COC4)C5)nc3c1F)N1CCCOC[C@H]1CO2. The maximum atomic E-state index is 17.3. The fourth-order valence-electron chi connectivity index (χ4n) is 8.24. The fourth-order valence-corrected chi connectivity index (χ4v) is 8.61. The quantitative estimate of drug-likeness (QED) is 0.149. The molecule has 0 bridgehead atoms. The van der Waals surface area contributed by atoms with Crippen LogP contribution in [0.5, 0.6) is 11.9 Å². The molecule has 5 fully saturated rings. The third kappa shape index (κ3) is 4.80. The molecular weight excluding hydrogens is 639 g/mol. The van der Waals surface area contributed by atoms with Crippen LogP contribution in [0.15, 0.2) is 17.2 Å². The van der Waals surface area contributed by atoms with Crippen LogP contribution in [0.3, 0.4) is 0 Å². The number of hydrogen-bond acceptors (Lipinski definition) is 11. The van der Waals surface area contributed by atoms with Gasteiger partial charge in [-0.3, -0.25) is 10.3 Å². The van der Waals surface area contributed by atoms with Crippen LogP contribution >= 0.6 is 11.6 Å². The Morgan fingerprint density at radius 2 is 1.98 bits per heavy atom. The topological polar surface area (TPSA) is 158 Å². The second-order valence-corrected chi connectivity index (χ2v) is 14.3. The second-order valence-electron chi connectivity index (χ2n) is 13.9. The van der Waals surface area contributed by atoms with Gasteiger partial charge in [-0.05, 0) is 68.2 Å². The van der Waals surface area contributed by atoms with Crippen LogP contribution in [-0.2, 0) is 9.47 Å². The smallest absolute Gasteiger partial charge is 0.319 e. The van der Waals surface area contributed by atoms with Crippen molar-refractivity contribution in [3.8, 4) is 23.1 Å². The van der Waals surface area contributed by atoms with Crippen molar-refractivity contribution in [3.05, 3.63) is 39.2 Å². The Labute approximate surface area is 282 Å². The van der Waals surface area contributed by atoms with E-state index in [4.69, 9.17) is 62.4 Å². The molecule has 6 aliphatic rings. The molecule has 1 aliphatic carbocycles. The van der Waals surface area contributed by atoms with Gasteiger partial charge in [-0.15, -0.1) is 0 Å². The van der Waals surface area contributed by atoms with Gasteiger partial charge in [-0.1, -0.05) is 17.2 Å². The molecule has 252 valence electrons. The van der Waals surface area contributed by atoms with E-state index in [1.165, 1.54) is 11.1 Å². The first-order valence-electron chi connectivity index (χ1n) is 16.8. The molecule has 2 atom stereocenters. The molecule has 0 amide bonds. The normalized spacial score (nSPS) is 25.3. The van der Waals surface area contributed by atoms with Crippen LogP contribution in [0.2, 0.25) is 5.02 Å². The van der Waals surface area contributed by atoms with Crippen LogP contribution in [-0.4, -0.2) is 96.5 Å². The summed E-state index contributed by atoms with van der Waals surface area (Å²) in [5.74, 6) is -0.213. The largest absolute Gasteiger partial charge is 0.475 e. The molecule has 48 heavy (non-hydrogen) atoms. The van der Waals surface area contributed by atoms with E-state index in [0.29, 0.717) is 66.9 Å². The third-order valence-corrected chi connectivity index (χ3v) is 11.2. The lowest BCUT2D eigenvalue weighted by Gasteiger charge is -2.31. The van der Waals surface area contributed by atoms with Gasteiger partial charge >= 0.3 is 6.01 Å². The number of nitrogens with two attached hydrogens (primary N) is 2. The predicted octanol–water partition coefficient (Wildman–Crippen LogP) is 4.16. The molecule has 1 aromatic carbocycles. The van der Waals surface area contributed by atoms with Gasteiger partial charge in [0, 0.05) is 41.5 Å². The number of rotatable bonds is 6. The Bertz CT molecular complexity index is 1900. The minimum absolute atomic E-state index is 0.0252. The van der Waals surface area contributed by atoms with E-state index in [2.05, 4.69) is 9.80 Å². The van der Waals surface area contributed by atoms with Crippen molar-refractivity contribution in [1.82, 2.24) is 19.9 Å². The fraction of sp³-hybridized carbons (Fsp3) is 0.529. The molecule has 12 nitrogen and oxygen atoms in total. The summed E-state index contributed by atoms with van der Waals surface area (Å²) in [6, 6.07) is 1.51. The lowest BCUT2D eigenvalue weighted by molar-refractivity contribution is 0.100. The lowest BCUT2D eigenvalue weighted by Crippen LogP contribution is -2.43. The molecule has 3 aromatic rings. The summed E-state index contributed by atoms with van der Waals surface area (Å²) in [6.45, 7) is 5.68. The molecule has 0 radical (unpaired) electrons. The van der Waals surface area contributed by atoms with E-state index >= 15 is 4.39 Å². The highest BCUT2D eigenvalue weighted by Crippen LogP contribution is 2.51. The molecule has 2 aromatic heterocycles. The van der Waals surface area contributed by atoms with Gasteiger partial charge in [-0.2, -0.15) is 9.97 Å². The highest BCUT2D eigenvalue weighted by Gasteiger charge is 2.48. The van der Waals surface area contributed by atoms with E-state index in [-0.39, 0.29) is 64.3 Å². The summed E-state index contributed by atoms with van der Waals surface area (Å²) in [4.78, 5) is 19.1. The monoisotopic (exact) mass is 676 g/mol. The third-order valence-electron chi connectivity index (χ3n) is 10.9. The van der Waals surface area contributed by atoms with E-state index in [9.17, 15) is 0 Å². The molecule has 7 heterocycles. The first kappa shape index (κ1) is 30.3. The van der Waals surface area contributed by atoms with E-state index < -0.39 is 5.82 Å². The van der Waals surface area contributed by atoms with Gasteiger partial charge < -0.3 is 35.3 Å². The van der Waals surface area contributed by atoms with E-state index in [1.807, 2.05) is 0 Å². The number of fused-ring (bicyclic) bond motifs is 3. The first-order chi connectivity index (χ1) is 23.3. The molecule has 5 aliphatic heterocycles. The van der Waals surface area contributed by atoms with Crippen LogP contribution in [0, 0.1) is 11.2 Å². The van der Waals surface area contributed by atoms with Gasteiger partial charge in [-0.25, -0.2) is 9.37 Å². The average molecular weight is 677 g/mol. The van der Waals surface area contributed by atoms with Crippen molar-refractivity contribution in [2.45, 2.75) is 56.0 Å². The standard InChI is InChI=1S/C34H38ClFN8O4/c35-21-9-22(37)24(30(38)39)25(23(21)17-3-4-17)28-27(36)29-26-31(44-7-2-8-45-14-20(44)15-47-32(26)40-28)42-33(41-29)48-16-34-5-1-6-43(34)11-18(10-34)19-12-46-13-19/h9,17,20H,1-8,10-16,37H2,(H3,38,39)/t20-,34-/m0/s1. The maximum absolute atomic E-state index is 17.3. The molecule has 1 saturated carbocycles.